The summed E-state index contributed by atoms with van der Waals surface area (Å²) < 4.78 is 5.61. The lowest BCUT2D eigenvalue weighted by atomic mass is 10.2. The van der Waals surface area contributed by atoms with Crippen LogP contribution in [-0.2, 0) is 4.79 Å². The first-order valence-corrected chi connectivity index (χ1v) is 8.30. The molecule has 116 valence electrons. The van der Waals surface area contributed by atoms with E-state index in [1.807, 2.05) is 60.9 Å². The third kappa shape index (κ3) is 5.09. The van der Waals surface area contributed by atoms with E-state index in [1.165, 1.54) is 4.90 Å². The molecule has 2 rings (SSSR count). The number of nitrogens with one attached hydrogen (secondary N) is 1. The molecule has 0 saturated heterocycles. The van der Waals surface area contributed by atoms with Crippen molar-refractivity contribution < 1.29 is 9.53 Å². The van der Waals surface area contributed by atoms with Crippen LogP contribution in [0.4, 0.5) is 5.69 Å². The molecule has 0 aliphatic rings. The van der Waals surface area contributed by atoms with Crippen molar-refractivity contribution in [3.63, 3.8) is 0 Å². The zero-order valence-corrected chi connectivity index (χ0v) is 13.3. The molecule has 1 atom stereocenters. The van der Waals surface area contributed by atoms with E-state index in [1.54, 1.807) is 11.8 Å². The van der Waals surface area contributed by atoms with Crippen LogP contribution in [0, 0.1) is 0 Å². The number of thioether (sulfide) groups is 1. The molecule has 0 fully saturated rings. The Morgan fingerprint density at radius 1 is 1.18 bits per heavy atom. The van der Waals surface area contributed by atoms with Crippen LogP contribution >= 0.6 is 11.8 Å². The van der Waals surface area contributed by atoms with Gasteiger partial charge in [0, 0.05) is 17.0 Å². The zero-order chi connectivity index (χ0) is 15.8. The molecule has 5 heteroatoms. The summed E-state index contributed by atoms with van der Waals surface area (Å²) in [6, 6.07) is 16.5. The number of anilines is 1. The van der Waals surface area contributed by atoms with Crippen molar-refractivity contribution >= 4 is 23.4 Å². The van der Waals surface area contributed by atoms with Crippen LogP contribution < -0.4 is 15.8 Å². The predicted molar refractivity (Wildman–Crippen MR) is 91.4 cm³/mol. The molecule has 0 heterocycles. The summed E-state index contributed by atoms with van der Waals surface area (Å²) in [6.45, 7) is 0.405. The van der Waals surface area contributed by atoms with E-state index in [9.17, 15) is 4.79 Å². The molecular formula is C17H20N2O2S. The quantitative estimate of drug-likeness (QED) is 0.770. The minimum Gasteiger partial charge on any atom is -0.494 e. The van der Waals surface area contributed by atoms with Gasteiger partial charge in [0.15, 0.2) is 0 Å². The van der Waals surface area contributed by atoms with E-state index in [4.69, 9.17) is 10.5 Å². The van der Waals surface area contributed by atoms with E-state index in [-0.39, 0.29) is 5.91 Å². The number of ether oxygens (including phenoxy) is 1. The van der Waals surface area contributed by atoms with Crippen molar-refractivity contribution in [3.05, 3.63) is 54.6 Å². The third-order valence-electron chi connectivity index (χ3n) is 3.14. The largest absolute Gasteiger partial charge is 0.494 e. The molecule has 0 spiro atoms. The highest BCUT2D eigenvalue weighted by atomic mass is 32.2. The van der Waals surface area contributed by atoms with Gasteiger partial charge in [-0.05, 0) is 42.7 Å². The average Bonchev–Trinajstić information content (AvgIpc) is 2.56. The van der Waals surface area contributed by atoms with E-state index in [0.717, 1.165) is 11.4 Å². The summed E-state index contributed by atoms with van der Waals surface area (Å²) in [5, 5.41) is 2.78. The number of hydrogen-bond acceptors (Lipinski definition) is 4. The molecule has 0 bridgehead atoms. The van der Waals surface area contributed by atoms with Gasteiger partial charge in [-0.25, -0.2) is 0 Å². The molecule has 0 aliphatic heterocycles. The summed E-state index contributed by atoms with van der Waals surface area (Å²) in [5.74, 6) is 0.584. The molecule has 2 aromatic rings. The molecule has 4 nitrogen and oxygen atoms in total. The average molecular weight is 316 g/mol. The lowest BCUT2D eigenvalue weighted by Crippen LogP contribution is -2.36. The summed E-state index contributed by atoms with van der Waals surface area (Å²) in [4.78, 5) is 13.1. The van der Waals surface area contributed by atoms with Gasteiger partial charge in [0.2, 0.25) is 5.91 Å². The molecule has 3 N–H and O–H groups in total. The number of carbonyl (C=O) groups is 1. The van der Waals surface area contributed by atoms with Gasteiger partial charge >= 0.3 is 0 Å². The summed E-state index contributed by atoms with van der Waals surface area (Å²) in [7, 11) is 0. The Morgan fingerprint density at radius 3 is 2.50 bits per heavy atom. The number of rotatable bonds is 7. The van der Waals surface area contributed by atoms with E-state index >= 15 is 0 Å². The number of amides is 1. The van der Waals surface area contributed by atoms with Crippen molar-refractivity contribution in [1.29, 1.82) is 0 Å². The van der Waals surface area contributed by atoms with Gasteiger partial charge in [0.1, 0.15) is 5.75 Å². The molecule has 1 amide bonds. The van der Waals surface area contributed by atoms with Crippen LogP contribution in [0.25, 0.3) is 0 Å². The zero-order valence-electron chi connectivity index (χ0n) is 12.5. The number of benzene rings is 2. The van der Waals surface area contributed by atoms with Crippen LogP contribution in [-0.4, -0.2) is 24.8 Å². The molecule has 1 unspecified atom stereocenters. The summed E-state index contributed by atoms with van der Waals surface area (Å²) >= 11 is 1.68. The van der Waals surface area contributed by atoms with E-state index in [0.29, 0.717) is 13.0 Å². The van der Waals surface area contributed by atoms with Gasteiger partial charge in [-0.15, -0.1) is 11.8 Å². The van der Waals surface area contributed by atoms with Crippen LogP contribution in [0.5, 0.6) is 5.75 Å². The normalized spacial score (nSPS) is 11.7. The van der Waals surface area contributed by atoms with E-state index < -0.39 is 6.04 Å². The van der Waals surface area contributed by atoms with Gasteiger partial charge in [-0.1, -0.05) is 18.2 Å². The number of carbonyl (C=O) groups excluding carboxylic acids is 1. The highest BCUT2D eigenvalue weighted by molar-refractivity contribution is 7.98. The number of hydrogen-bond donors (Lipinski definition) is 2. The Balaban J connectivity index is 1.74. The lowest BCUT2D eigenvalue weighted by molar-refractivity contribution is -0.117. The fourth-order valence-electron chi connectivity index (χ4n) is 1.86. The Bertz CT molecular complexity index is 587. The second-order valence-corrected chi connectivity index (χ2v) is 5.65. The maximum Gasteiger partial charge on any atom is 0.241 e. The molecular weight excluding hydrogens is 296 g/mol. The maximum atomic E-state index is 11.9. The second kappa shape index (κ2) is 8.46. The minimum absolute atomic E-state index is 0.201. The molecule has 0 aliphatic carbocycles. The van der Waals surface area contributed by atoms with Gasteiger partial charge in [0.25, 0.3) is 0 Å². The van der Waals surface area contributed by atoms with Crippen LogP contribution in [0.15, 0.2) is 59.5 Å². The van der Waals surface area contributed by atoms with Crippen molar-refractivity contribution in [2.75, 3.05) is 18.2 Å². The van der Waals surface area contributed by atoms with Crippen molar-refractivity contribution in [2.45, 2.75) is 17.4 Å². The number of para-hydroxylation sites is 1. The standard InChI is InChI=1S/C17H20N2O2S/c1-22-15-9-7-14(8-10-15)21-12-11-16(18)17(20)19-13-5-3-2-4-6-13/h2-10,16H,11-12,18H2,1H3,(H,19,20). The summed E-state index contributed by atoms with van der Waals surface area (Å²) in [6.07, 6.45) is 2.49. The van der Waals surface area contributed by atoms with Gasteiger partial charge in [-0.3, -0.25) is 4.79 Å². The predicted octanol–water partition coefficient (Wildman–Crippen LogP) is 3.14. The molecule has 2 aromatic carbocycles. The van der Waals surface area contributed by atoms with Crippen molar-refractivity contribution in [2.24, 2.45) is 5.73 Å². The SMILES string of the molecule is CSc1ccc(OCCC(N)C(=O)Nc2ccccc2)cc1. The fraction of sp³-hybridized carbons (Fsp3) is 0.235. The fourth-order valence-corrected chi connectivity index (χ4v) is 2.27. The van der Waals surface area contributed by atoms with Crippen LogP contribution in [0.3, 0.4) is 0 Å². The Kier molecular flexibility index (Phi) is 6.30. The molecule has 22 heavy (non-hydrogen) atoms. The Hall–Kier alpha value is -1.98. The smallest absolute Gasteiger partial charge is 0.241 e. The molecule has 0 aromatic heterocycles. The molecule has 0 saturated carbocycles. The van der Waals surface area contributed by atoms with Crippen molar-refractivity contribution in [1.82, 2.24) is 0 Å². The van der Waals surface area contributed by atoms with Gasteiger partial charge in [-0.2, -0.15) is 0 Å². The topological polar surface area (TPSA) is 64.3 Å². The van der Waals surface area contributed by atoms with Crippen molar-refractivity contribution in [3.8, 4) is 5.75 Å². The van der Waals surface area contributed by atoms with Crippen LogP contribution in [0.1, 0.15) is 6.42 Å². The highest BCUT2D eigenvalue weighted by Gasteiger charge is 2.13. The lowest BCUT2D eigenvalue weighted by Gasteiger charge is -2.13. The first-order chi connectivity index (χ1) is 10.7. The molecule has 0 radical (unpaired) electrons. The Morgan fingerprint density at radius 2 is 1.86 bits per heavy atom. The monoisotopic (exact) mass is 316 g/mol. The first-order valence-electron chi connectivity index (χ1n) is 7.07. The van der Waals surface area contributed by atoms with E-state index in [2.05, 4.69) is 5.32 Å². The van der Waals surface area contributed by atoms with Crippen LogP contribution in [0.2, 0.25) is 0 Å². The third-order valence-corrected chi connectivity index (χ3v) is 3.88. The summed E-state index contributed by atoms with van der Waals surface area (Å²) in [5.41, 5.74) is 6.63. The maximum absolute atomic E-state index is 11.9. The minimum atomic E-state index is -0.592. The van der Waals surface area contributed by atoms with Gasteiger partial charge < -0.3 is 15.8 Å². The highest BCUT2D eigenvalue weighted by Crippen LogP contribution is 2.19. The first kappa shape index (κ1) is 16.4. The number of nitrogens with two attached hydrogens (primary N) is 1. The second-order valence-electron chi connectivity index (χ2n) is 4.77. The Labute approximate surface area is 135 Å². The van der Waals surface area contributed by atoms with Gasteiger partial charge in [0.05, 0.1) is 12.6 Å².